The largest absolute Gasteiger partial charge is 0.452 e. The summed E-state index contributed by atoms with van der Waals surface area (Å²) in [4.78, 5) is 63.8. The van der Waals surface area contributed by atoms with Crippen molar-refractivity contribution in [2.75, 3.05) is 34.9 Å². The fourth-order valence-corrected chi connectivity index (χ4v) is 5.31. The Balaban J connectivity index is 0.00000262. The van der Waals surface area contributed by atoms with E-state index in [-0.39, 0.29) is 18.9 Å². The van der Waals surface area contributed by atoms with Crippen LogP contribution in [0.5, 0.6) is 0 Å². The third kappa shape index (κ3) is 12.4. The Labute approximate surface area is 319 Å². The van der Waals surface area contributed by atoms with Crippen molar-refractivity contribution in [3.63, 3.8) is 0 Å². The number of benzene rings is 2. The number of imidazole rings is 2. The third-order valence-corrected chi connectivity index (χ3v) is 7.95. The Bertz CT molecular complexity index is 1790. The molecule has 0 fully saturated rings. The van der Waals surface area contributed by atoms with E-state index in [1.807, 2.05) is 48.5 Å². The monoisotopic (exact) mass is 766 g/mol. The molecule has 0 aliphatic heterocycles. The number of ether oxygens (including phenoxy) is 4. The number of hydrogen-bond acceptors (Lipinski definition) is 12. The molecule has 0 aliphatic carbocycles. The van der Waals surface area contributed by atoms with Gasteiger partial charge in [-0.3, -0.25) is 24.8 Å². The number of nitrogens with one attached hydrogen (secondary N) is 4. The van der Waals surface area contributed by atoms with Crippen molar-refractivity contribution in [2.24, 2.45) is 0 Å². The molecule has 0 spiro atoms. The van der Waals surface area contributed by atoms with Crippen molar-refractivity contribution in [1.82, 2.24) is 40.8 Å². The lowest BCUT2D eigenvalue weighted by Crippen LogP contribution is -2.54. The number of hydrogen-bond donors (Lipinski definition) is 6. The minimum atomic E-state index is -1.13. The molecule has 4 amide bonds. The molecule has 6 N–H and O–H groups in total. The van der Waals surface area contributed by atoms with E-state index in [4.69, 9.17) is 9.47 Å². The van der Waals surface area contributed by atoms with Crippen LogP contribution in [0.4, 0.5) is 4.79 Å². The lowest BCUT2D eigenvalue weighted by molar-refractivity contribution is -0.155. The second-order valence-electron chi connectivity index (χ2n) is 12.5. The standard InChI is InChI=1S/C35H44N8O9.C2H6O/c1-21(2)42(38-18-44)32(47)15-29(51-19-45)33-37-17-28(40-33)26-12-8-24(9-13-26)23-6-10-25(11-7-23)27-16-36-31(39-27)14-30(52-20-46)34(48)43(22(3)4)41-35(49)50-5;1-3-2/h6-13,16-18,21-22,29-30,45-46H,14-15,19-20H2,1-5H3,(H,36,39)(H,37,40)(H,38,44)(H,41,49);1-2H3. The molecule has 18 heteroatoms. The molecule has 18 nitrogen and oxygen atoms in total. The van der Waals surface area contributed by atoms with Crippen molar-refractivity contribution in [3.8, 4) is 33.6 Å². The summed E-state index contributed by atoms with van der Waals surface area (Å²) in [5.41, 5.74) is 9.75. The molecule has 55 heavy (non-hydrogen) atoms. The topological polar surface area (TPSA) is 234 Å². The van der Waals surface area contributed by atoms with Gasteiger partial charge in [-0.25, -0.2) is 25.2 Å². The van der Waals surface area contributed by atoms with Gasteiger partial charge in [-0.2, -0.15) is 0 Å². The van der Waals surface area contributed by atoms with Crippen LogP contribution in [0.1, 0.15) is 51.9 Å². The number of carbonyl (C=O) groups is 4. The number of nitrogens with zero attached hydrogens (tertiary/aromatic N) is 4. The van der Waals surface area contributed by atoms with Gasteiger partial charge in [0.15, 0.2) is 0 Å². The number of methoxy groups -OCH3 is 2. The average Bonchev–Trinajstić information content (AvgIpc) is 3.86. The maximum absolute atomic E-state index is 13.2. The van der Waals surface area contributed by atoms with E-state index in [2.05, 4.69) is 40.3 Å². The van der Waals surface area contributed by atoms with Crippen molar-refractivity contribution < 1.29 is 48.3 Å². The Hall–Kier alpha value is -5.66. The molecule has 4 aromatic rings. The zero-order chi connectivity index (χ0) is 40.5. The van der Waals surface area contributed by atoms with Gasteiger partial charge in [0.1, 0.15) is 37.4 Å². The van der Waals surface area contributed by atoms with E-state index in [9.17, 15) is 29.4 Å². The molecule has 0 radical (unpaired) electrons. The number of hydrazine groups is 2. The first-order valence-corrected chi connectivity index (χ1v) is 17.3. The second-order valence-corrected chi connectivity index (χ2v) is 12.5. The Morgan fingerprint density at radius 2 is 1.29 bits per heavy atom. The molecule has 2 unspecified atom stereocenters. The Morgan fingerprint density at radius 3 is 1.78 bits per heavy atom. The number of rotatable bonds is 17. The summed E-state index contributed by atoms with van der Waals surface area (Å²) in [7, 11) is 4.44. The Morgan fingerprint density at radius 1 is 0.782 bits per heavy atom. The molecule has 0 saturated carbocycles. The predicted octanol–water partition coefficient (Wildman–Crippen LogP) is 3.08. The highest BCUT2D eigenvalue weighted by atomic mass is 16.6. The van der Waals surface area contributed by atoms with E-state index in [0.717, 1.165) is 27.3 Å². The zero-order valence-corrected chi connectivity index (χ0v) is 31.9. The van der Waals surface area contributed by atoms with Gasteiger partial charge in [-0.1, -0.05) is 48.5 Å². The van der Waals surface area contributed by atoms with Crippen LogP contribution in [-0.4, -0.2) is 118 Å². The van der Waals surface area contributed by atoms with E-state index in [1.54, 1.807) is 54.3 Å². The normalized spacial score (nSPS) is 12.0. The smallest absolute Gasteiger partial charge is 0.425 e. The quantitative estimate of drug-likeness (QED) is 0.0517. The number of carbonyl (C=O) groups excluding carboxylic acids is 4. The van der Waals surface area contributed by atoms with Crippen LogP contribution in [0.3, 0.4) is 0 Å². The molecule has 298 valence electrons. The van der Waals surface area contributed by atoms with Crippen molar-refractivity contribution in [3.05, 3.63) is 72.6 Å². The molecule has 2 heterocycles. The van der Waals surface area contributed by atoms with Crippen molar-refractivity contribution in [2.45, 2.75) is 64.8 Å². The highest BCUT2D eigenvalue weighted by Crippen LogP contribution is 2.28. The van der Waals surface area contributed by atoms with Crippen LogP contribution in [0.25, 0.3) is 33.6 Å². The van der Waals surface area contributed by atoms with Gasteiger partial charge in [-0.15, -0.1) is 0 Å². The van der Waals surface area contributed by atoms with Gasteiger partial charge in [0, 0.05) is 32.7 Å². The molecule has 0 bridgehead atoms. The third-order valence-electron chi connectivity index (χ3n) is 7.95. The lowest BCUT2D eigenvalue weighted by atomic mass is 10.0. The van der Waals surface area contributed by atoms with Crippen LogP contribution < -0.4 is 10.9 Å². The summed E-state index contributed by atoms with van der Waals surface area (Å²) in [6, 6.07) is 14.9. The number of aromatic nitrogens is 4. The summed E-state index contributed by atoms with van der Waals surface area (Å²) >= 11 is 0. The second kappa shape index (κ2) is 21.9. The summed E-state index contributed by atoms with van der Waals surface area (Å²) in [6.07, 6.45) is 0.722. The predicted molar refractivity (Wildman–Crippen MR) is 200 cm³/mol. The van der Waals surface area contributed by atoms with Gasteiger partial charge >= 0.3 is 6.09 Å². The van der Waals surface area contributed by atoms with Crippen LogP contribution >= 0.6 is 0 Å². The zero-order valence-electron chi connectivity index (χ0n) is 31.9. The molecular weight excluding hydrogens is 716 g/mol. The van der Waals surface area contributed by atoms with E-state index in [1.165, 1.54) is 12.1 Å². The SMILES string of the molecule is COC.COC(=O)NN(C(=O)C(Cc1ncc(-c2ccc(-c3ccc(-c4cnc(C(CC(=O)N(NC=O)C(C)C)OCO)[nH]4)cc3)cc2)[nH]1)OCO)C(C)C. The highest BCUT2D eigenvalue weighted by molar-refractivity contribution is 5.83. The summed E-state index contributed by atoms with van der Waals surface area (Å²) in [5.74, 6) is -0.187. The lowest BCUT2D eigenvalue weighted by Gasteiger charge is -2.29. The molecule has 0 aliphatic rings. The van der Waals surface area contributed by atoms with Crippen LogP contribution in [0.2, 0.25) is 0 Å². The van der Waals surface area contributed by atoms with Gasteiger partial charge in [-0.05, 0) is 49.9 Å². The average molecular weight is 767 g/mol. The van der Waals surface area contributed by atoms with Gasteiger partial charge in [0.2, 0.25) is 12.3 Å². The molecule has 2 atom stereocenters. The number of aliphatic hydroxyl groups is 2. The van der Waals surface area contributed by atoms with E-state index in [0.29, 0.717) is 29.4 Å². The van der Waals surface area contributed by atoms with Gasteiger partial charge < -0.3 is 39.1 Å². The van der Waals surface area contributed by atoms with Crippen LogP contribution in [-0.2, 0) is 39.8 Å². The minimum absolute atomic E-state index is 0.0105. The molecular formula is C37H50N8O10. The summed E-state index contributed by atoms with van der Waals surface area (Å²) in [5, 5.41) is 21.1. The van der Waals surface area contributed by atoms with Crippen molar-refractivity contribution in [1.29, 1.82) is 0 Å². The van der Waals surface area contributed by atoms with E-state index >= 15 is 0 Å². The fourth-order valence-electron chi connectivity index (χ4n) is 5.31. The van der Waals surface area contributed by atoms with E-state index < -0.39 is 49.7 Å². The fraction of sp³-hybridized carbons (Fsp3) is 0.405. The maximum atomic E-state index is 13.2. The molecule has 4 rings (SSSR count). The van der Waals surface area contributed by atoms with Gasteiger partial charge in [0.25, 0.3) is 5.91 Å². The van der Waals surface area contributed by atoms with Crippen LogP contribution in [0.15, 0.2) is 60.9 Å². The van der Waals surface area contributed by atoms with Crippen molar-refractivity contribution >= 4 is 24.3 Å². The first-order chi connectivity index (χ1) is 26.4. The number of aromatic amines is 2. The van der Waals surface area contributed by atoms with Gasteiger partial charge in [0.05, 0.1) is 37.3 Å². The highest BCUT2D eigenvalue weighted by Gasteiger charge is 2.30. The number of amides is 4. The molecule has 2 aromatic carbocycles. The Kier molecular flexibility index (Phi) is 17.4. The minimum Gasteiger partial charge on any atom is -0.452 e. The first kappa shape index (κ1) is 43.7. The molecule has 0 saturated heterocycles. The summed E-state index contributed by atoms with van der Waals surface area (Å²) in [6.45, 7) is 5.60. The first-order valence-electron chi connectivity index (χ1n) is 17.3. The number of aliphatic hydroxyl groups excluding tert-OH is 2. The maximum Gasteiger partial charge on any atom is 0.425 e. The number of H-pyrrole nitrogens is 2. The molecule has 2 aromatic heterocycles. The summed E-state index contributed by atoms with van der Waals surface area (Å²) < 4.78 is 19.5. The van der Waals surface area contributed by atoms with Crippen LogP contribution in [0, 0.1) is 0 Å².